The largest absolute Gasteiger partial charge is 0.449 e. The Bertz CT molecular complexity index is 907. The number of furan rings is 1. The first kappa shape index (κ1) is 14.0. The summed E-state index contributed by atoms with van der Waals surface area (Å²) in [5, 5.41) is 0.865. The Kier molecular flexibility index (Phi) is 3.31. The molecule has 1 aliphatic carbocycles. The second-order valence-corrected chi connectivity index (χ2v) is 6.90. The molecule has 1 saturated carbocycles. The molecule has 1 aliphatic rings. The molecule has 0 bridgehead atoms. The fraction of sp³-hybridized carbons (Fsp3) is 0.375. The molecule has 2 heterocycles. The van der Waals surface area contributed by atoms with Gasteiger partial charge in [0.25, 0.3) is 5.56 Å². The molecule has 1 aromatic carbocycles. The number of nitrogens with one attached hydrogen (secondary N) is 1. The number of nitrogens with two attached hydrogens (primary N) is 1. The summed E-state index contributed by atoms with van der Waals surface area (Å²) >= 11 is 3.45. The number of hydrogen-bond acceptors (Lipinski definition) is 4. The van der Waals surface area contributed by atoms with Gasteiger partial charge in [0.2, 0.25) is 5.58 Å². The van der Waals surface area contributed by atoms with Crippen LogP contribution in [0.2, 0.25) is 0 Å². The molecule has 0 saturated heterocycles. The van der Waals surface area contributed by atoms with Gasteiger partial charge in [0.15, 0.2) is 0 Å². The molecular formula is C16H16BrN3O2. The monoisotopic (exact) mass is 361 g/mol. The minimum atomic E-state index is -0.206. The van der Waals surface area contributed by atoms with Gasteiger partial charge in [-0.05, 0) is 43.9 Å². The molecule has 0 radical (unpaired) electrons. The zero-order valence-electron chi connectivity index (χ0n) is 11.9. The fourth-order valence-electron chi connectivity index (χ4n) is 3.23. The highest BCUT2D eigenvalue weighted by molar-refractivity contribution is 9.10. The summed E-state index contributed by atoms with van der Waals surface area (Å²) in [6.07, 6.45) is 3.89. The lowest BCUT2D eigenvalue weighted by atomic mass is 9.86. The SMILES string of the molecule is NC1CCC(c2nc3c(oc4ccc(Br)cc43)c(=O)[nH]2)CC1. The van der Waals surface area contributed by atoms with Crippen LogP contribution in [0.5, 0.6) is 0 Å². The maximum atomic E-state index is 12.3. The van der Waals surface area contributed by atoms with E-state index in [1.165, 1.54) is 0 Å². The van der Waals surface area contributed by atoms with Crippen LogP contribution >= 0.6 is 15.9 Å². The topological polar surface area (TPSA) is 84.9 Å². The zero-order chi connectivity index (χ0) is 15.3. The maximum Gasteiger partial charge on any atom is 0.294 e. The lowest BCUT2D eigenvalue weighted by Crippen LogP contribution is -2.27. The van der Waals surface area contributed by atoms with Crippen molar-refractivity contribution in [2.75, 3.05) is 0 Å². The molecule has 0 unspecified atom stereocenters. The zero-order valence-corrected chi connectivity index (χ0v) is 13.5. The van der Waals surface area contributed by atoms with E-state index in [9.17, 15) is 4.79 Å². The number of rotatable bonds is 1. The van der Waals surface area contributed by atoms with Crippen LogP contribution in [-0.4, -0.2) is 16.0 Å². The van der Waals surface area contributed by atoms with E-state index in [1.54, 1.807) is 0 Å². The van der Waals surface area contributed by atoms with E-state index >= 15 is 0 Å². The number of H-pyrrole nitrogens is 1. The Labute approximate surface area is 135 Å². The highest BCUT2D eigenvalue weighted by Crippen LogP contribution is 2.32. The summed E-state index contributed by atoms with van der Waals surface area (Å²) in [6, 6.07) is 5.95. The Hall–Kier alpha value is -1.66. The molecule has 0 aliphatic heterocycles. The van der Waals surface area contributed by atoms with Gasteiger partial charge in [-0.1, -0.05) is 15.9 Å². The first-order chi connectivity index (χ1) is 10.6. The van der Waals surface area contributed by atoms with Gasteiger partial charge in [0.1, 0.15) is 16.9 Å². The number of fused-ring (bicyclic) bond motifs is 3. The maximum absolute atomic E-state index is 12.3. The molecule has 114 valence electrons. The number of hydrogen-bond donors (Lipinski definition) is 2. The van der Waals surface area contributed by atoms with Crippen LogP contribution in [-0.2, 0) is 0 Å². The van der Waals surface area contributed by atoms with Crippen molar-refractivity contribution in [3.63, 3.8) is 0 Å². The molecule has 3 N–H and O–H groups in total. The van der Waals surface area contributed by atoms with Gasteiger partial charge >= 0.3 is 0 Å². The van der Waals surface area contributed by atoms with Crippen molar-refractivity contribution in [1.82, 2.24) is 9.97 Å². The minimum Gasteiger partial charge on any atom is -0.449 e. The third kappa shape index (κ3) is 2.27. The van der Waals surface area contributed by atoms with Crippen LogP contribution in [0, 0.1) is 0 Å². The highest BCUT2D eigenvalue weighted by atomic mass is 79.9. The number of halogens is 1. The van der Waals surface area contributed by atoms with Crippen molar-refractivity contribution < 1.29 is 4.42 Å². The van der Waals surface area contributed by atoms with Crippen molar-refractivity contribution in [2.24, 2.45) is 5.73 Å². The average Bonchev–Trinajstić information content (AvgIpc) is 2.87. The number of nitrogens with zero attached hydrogens (tertiary/aromatic N) is 1. The third-order valence-corrected chi connectivity index (χ3v) is 4.96. The summed E-state index contributed by atoms with van der Waals surface area (Å²) in [5.74, 6) is 1.03. The van der Waals surface area contributed by atoms with Gasteiger partial charge in [-0.25, -0.2) is 4.98 Å². The Morgan fingerprint density at radius 1 is 1.27 bits per heavy atom. The van der Waals surface area contributed by atoms with Crippen LogP contribution in [0.3, 0.4) is 0 Å². The van der Waals surface area contributed by atoms with Crippen molar-refractivity contribution in [2.45, 2.75) is 37.6 Å². The van der Waals surface area contributed by atoms with Crippen LogP contribution in [0.1, 0.15) is 37.4 Å². The second-order valence-electron chi connectivity index (χ2n) is 5.98. The van der Waals surface area contributed by atoms with Gasteiger partial charge in [0, 0.05) is 21.8 Å². The van der Waals surface area contributed by atoms with Gasteiger partial charge in [-0.15, -0.1) is 0 Å². The summed E-state index contributed by atoms with van der Waals surface area (Å²) in [6.45, 7) is 0. The van der Waals surface area contributed by atoms with Gasteiger partial charge < -0.3 is 15.1 Å². The average molecular weight is 362 g/mol. The van der Waals surface area contributed by atoms with E-state index in [4.69, 9.17) is 15.1 Å². The lowest BCUT2D eigenvalue weighted by Gasteiger charge is -2.25. The molecule has 3 aromatic rings. The Morgan fingerprint density at radius 2 is 2.05 bits per heavy atom. The molecule has 0 spiro atoms. The van der Waals surface area contributed by atoms with Crippen molar-refractivity contribution >= 4 is 38.0 Å². The van der Waals surface area contributed by atoms with Crippen LogP contribution in [0.4, 0.5) is 0 Å². The second kappa shape index (κ2) is 5.21. The summed E-state index contributed by atoms with van der Waals surface area (Å²) in [4.78, 5) is 19.9. The standard InChI is InChI=1S/C16H16BrN3O2/c17-9-3-6-12-11(7-9)13-14(22-12)16(21)20-15(19-13)8-1-4-10(18)5-2-8/h3,6-8,10H,1-2,4-5,18H2,(H,19,20,21). The van der Waals surface area contributed by atoms with Gasteiger partial charge in [0.05, 0.1) is 0 Å². The molecule has 0 amide bonds. The number of benzene rings is 1. The first-order valence-corrected chi connectivity index (χ1v) is 8.28. The quantitative estimate of drug-likeness (QED) is 0.695. The predicted molar refractivity (Wildman–Crippen MR) is 89.0 cm³/mol. The molecule has 22 heavy (non-hydrogen) atoms. The van der Waals surface area contributed by atoms with E-state index < -0.39 is 0 Å². The van der Waals surface area contributed by atoms with E-state index in [0.29, 0.717) is 16.7 Å². The van der Waals surface area contributed by atoms with E-state index in [-0.39, 0.29) is 17.5 Å². The molecule has 2 aromatic heterocycles. The van der Waals surface area contributed by atoms with Crippen molar-refractivity contribution in [3.05, 3.63) is 38.9 Å². The smallest absolute Gasteiger partial charge is 0.294 e. The molecule has 6 heteroatoms. The van der Waals surface area contributed by atoms with Crippen molar-refractivity contribution in [3.8, 4) is 0 Å². The summed E-state index contributed by atoms with van der Waals surface area (Å²) < 4.78 is 6.59. The molecule has 1 fully saturated rings. The Morgan fingerprint density at radius 3 is 2.82 bits per heavy atom. The third-order valence-electron chi connectivity index (χ3n) is 4.46. The number of aromatic amines is 1. The molecule has 4 rings (SSSR count). The molecular weight excluding hydrogens is 346 g/mol. The molecule has 0 atom stereocenters. The van der Waals surface area contributed by atoms with Crippen LogP contribution in [0.25, 0.3) is 22.1 Å². The van der Waals surface area contributed by atoms with E-state index in [2.05, 4.69) is 20.9 Å². The number of aromatic nitrogens is 2. The minimum absolute atomic E-state index is 0.206. The van der Waals surface area contributed by atoms with E-state index in [0.717, 1.165) is 41.4 Å². The van der Waals surface area contributed by atoms with E-state index in [1.807, 2.05) is 18.2 Å². The van der Waals surface area contributed by atoms with Crippen molar-refractivity contribution in [1.29, 1.82) is 0 Å². The summed E-state index contributed by atoms with van der Waals surface area (Å²) in [7, 11) is 0. The lowest BCUT2D eigenvalue weighted by molar-refractivity contribution is 0.385. The summed E-state index contributed by atoms with van der Waals surface area (Å²) in [5.41, 5.74) is 7.37. The highest BCUT2D eigenvalue weighted by Gasteiger charge is 2.23. The van der Waals surface area contributed by atoms with Gasteiger partial charge in [-0.3, -0.25) is 4.79 Å². The normalized spacial score (nSPS) is 22.5. The predicted octanol–water partition coefficient (Wildman–Crippen LogP) is 3.42. The Balaban J connectivity index is 1.89. The molecule has 5 nitrogen and oxygen atoms in total. The fourth-order valence-corrected chi connectivity index (χ4v) is 3.59. The first-order valence-electron chi connectivity index (χ1n) is 7.49. The van der Waals surface area contributed by atoms with Gasteiger partial charge in [-0.2, -0.15) is 0 Å². The van der Waals surface area contributed by atoms with Crippen LogP contribution in [0.15, 0.2) is 31.9 Å². The van der Waals surface area contributed by atoms with Crippen LogP contribution < -0.4 is 11.3 Å².